The quantitative estimate of drug-likeness (QED) is 0.904. The minimum Gasteiger partial charge on any atom is -0.495 e. The zero-order valence-electron chi connectivity index (χ0n) is 13.2. The van der Waals surface area contributed by atoms with Gasteiger partial charge in [0.2, 0.25) is 0 Å². The number of benzene rings is 1. The van der Waals surface area contributed by atoms with Crippen molar-refractivity contribution in [2.24, 2.45) is 0 Å². The first-order chi connectivity index (χ1) is 10.2. The molecule has 0 radical (unpaired) electrons. The van der Waals surface area contributed by atoms with Crippen molar-refractivity contribution in [3.05, 3.63) is 29.3 Å². The van der Waals surface area contributed by atoms with Gasteiger partial charge in [0.15, 0.2) is 0 Å². The molecule has 0 aromatic heterocycles. The lowest BCUT2D eigenvalue weighted by Crippen LogP contribution is -2.39. The first-order valence-corrected chi connectivity index (χ1v) is 7.62. The van der Waals surface area contributed by atoms with Crippen LogP contribution in [0.3, 0.4) is 0 Å². The second kappa shape index (κ2) is 7.44. The Morgan fingerprint density at radius 2 is 2.05 bits per heavy atom. The summed E-state index contributed by atoms with van der Waals surface area (Å²) in [5.74, 6) is 0.669. The fraction of sp³-hybridized carbons (Fsp3) is 0.588. The predicted molar refractivity (Wildman–Crippen MR) is 84.3 cm³/mol. The van der Waals surface area contributed by atoms with Gasteiger partial charge in [0.05, 0.1) is 12.7 Å². The fourth-order valence-corrected chi connectivity index (χ4v) is 3.15. The lowest BCUT2D eigenvalue weighted by Gasteiger charge is -2.34. The summed E-state index contributed by atoms with van der Waals surface area (Å²) in [4.78, 5) is 2.42. The molecule has 1 aliphatic rings. The van der Waals surface area contributed by atoms with Crippen LogP contribution in [0, 0.1) is 11.3 Å². The number of nitrogens with one attached hydrogen (secondary N) is 1. The molecule has 0 heterocycles. The highest BCUT2D eigenvalue weighted by Gasteiger charge is 2.23. The number of methoxy groups -OCH3 is 1. The van der Waals surface area contributed by atoms with Crippen molar-refractivity contribution < 1.29 is 4.74 Å². The summed E-state index contributed by atoms with van der Waals surface area (Å²) in [5.41, 5.74) is 1.79. The maximum Gasteiger partial charge on any atom is 0.136 e. The van der Waals surface area contributed by atoms with Gasteiger partial charge in [-0.15, -0.1) is 0 Å². The highest BCUT2D eigenvalue weighted by molar-refractivity contribution is 5.45. The van der Waals surface area contributed by atoms with Crippen LogP contribution in [0.5, 0.6) is 5.75 Å². The van der Waals surface area contributed by atoms with Gasteiger partial charge in [0.25, 0.3) is 0 Å². The van der Waals surface area contributed by atoms with E-state index in [1.807, 2.05) is 18.2 Å². The third-order valence-electron chi connectivity index (χ3n) is 4.55. The molecular formula is C17H25N3O. The molecule has 0 bridgehead atoms. The molecule has 0 atom stereocenters. The molecule has 0 aliphatic heterocycles. The minimum absolute atomic E-state index is 0.596. The minimum atomic E-state index is 0.596. The Morgan fingerprint density at radius 1 is 1.33 bits per heavy atom. The Balaban J connectivity index is 1.97. The molecule has 21 heavy (non-hydrogen) atoms. The van der Waals surface area contributed by atoms with E-state index in [0.29, 0.717) is 23.4 Å². The Morgan fingerprint density at radius 3 is 2.62 bits per heavy atom. The van der Waals surface area contributed by atoms with Crippen molar-refractivity contribution in [3.8, 4) is 11.8 Å². The van der Waals surface area contributed by atoms with Gasteiger partial charge >= 0.3 is 0 Å². The van der Waals surface area contributed by atoms with Crippen molar-refractivity contribution in [2.45, 2.75) is 44.3 Å². The van der Waals surface area contributed by atoms with Crippen LogP contribution in [0.25, 0.3) is 0 Å². The van der Waals surface area contributed by atoms with Gasteiger partial charge in [-0.25, -0.2) is 0 Å². The van der Waals surface area contributed by atoms with Crippen LogP contribution >= 0.6 is 0 Å². The van der Waals surface area contributed by atoms with Crippen LogP contribution in [-0.2, 0) is 6.54 Å². The molecule has 1 aromatic rings. The molecule has 114 valence electrons. The third-order valence-corrected chi connectivity index (χ3v) is 4.55. The molecule has 0 unspecified atom stereocenters. The Labute approximate surface area is 127 Å². The largest absolute Gasteiger partial charge is 0.495 e. The zero-order chi connectivity index (χ0) is 15.2. The molecule has 1 aliphatic carbocycles. The first-order valence-electron chi connectivity index (χ1n) is 7.62. The standard InChI is InChI=1S/C17H25N3O/c1-19-15-6-8-16(9-7-15)20(2)12-13-4-5-14(11-18)17(10-13)21-3/h4-5,10,15-16,19H,6-9,12H2,1-3H3. The summed E-state index contributed by atoms with van der Waals surface area (Å²) < 4.78 is 5.28. The SMILES string of the molecule is CNC1CCC(N(C)Cc2ccc(C#N)c(OC)c2)CC1. The van der Waals surface area contributed by atoms with E-state index >= 15 is 0 Å². The predicted octanol–water partition coefficient (Wildman–Crippen LogP) is 2.53. The van der Waals surface area contributed by atoms with Crippen molar-refractivity contribution in [2.75, 3.05) is 21.2 Å². The van der Waals surface area contributed by atoms with Gasteiger partial charge in [-0.1, -0.05) is 6.07 Å². The van der Waals surface area contributed by atoms with Gasteiger partial charge in [-0.3, -0.25) is 4.90 Å². The molecule has 4 heteroatoms. The summed E-state index contributed by atoms with van der Waals surface area (Å²) in [6.07, 6.45) is 5.00. The van der Waals surface area contributed by atoms with E-state index in [4.69, 9.17) is 10.00 Å². The van der Waals surface area contributed by atoms with Crippen molar-refractivity contribution in [3.63, 3.8) is 0 Å². The van der Waals surface area contributed by atoms with Crippen LogP contribution in [0.15, 0.2) is 18.2 Å². The molecule has 1 aromatic carbocycles. The highest BCUT2D eigenvalue weighted by atomic mass is 16.5. The number of hydrogen-bond donors (Lipinski definition) is 1. The topological polar surface area (TPSA) is 48.3 Å². The number of nitriles is 1. The summed E-state index contributed by atoms with van der Waals surface area (Å²) in [6, 6.07) is 9.34. The Kier molecular flexibility index (Phi) is 5.60. The van der Waals surface area contributed by atoms with E-state index in [1.165, 1.54) is 31.2 Å². The van der Waals surface area contributed by atoms with E-state index in [0.717, 1.165) is 6.54 Å². The second-order valence-corrected chi connectivity index (χ2v) is 5.86. The zero-order valence-corrected chi connectivity index (χ0v) is 13.2. The Hall–Kier alpha value is -1.57. The first kappa shape index (κ1) is 15.8. The second-order valence-electron chi connectivity index (χ2n) is 5.86. The maximum atomic E-state index is 9.03. The average molecular weight is 287 g/mol. The molecule has 1 fully saturated rings. The monoisotopic (exact) mass is 287 g/mol. The number of hydrogen-bond acceptors (Lipinski definition) is 4. The summed E-state index contributed by atoms with van der Waals surface area (Å²) in [7, 11) is 5.86. The van der Waals surface area contributed by atoms with Crippen LogP contribution in [0.4, 0.5) is 0 Å². The summed E-state index contributed by atoms with van der Waals surface area (Å²) in [6.45, 7) is 0.900. The number of ether oxygens (including phenoxy) is 1. The van der Waals surface area contributed by atoms with Gasteiger partial charge in [-0.05, 0) is 57.5 Å². The lowest BCUT2D eigenvalue weighted by molar-refractivity contribution is 0.170. The molecule has 2 rings (SSSR count). The van der Waals surface area contributed by atoms with Gasteiger partial charge in [0, 0.05) is 18.6 Å². The van der Waals surface area contributed by atoms with Crippen LogP contribution in [0.2, 0.25) is 0 Å². The smallest absolute Gasteiger partial charge is 0.136 e. The van der Waals surface area contributed by atoms with Crippen LogP contribution in [-0.4, -0.2) is 38.2 Å². The molecule has 4 nitrogen and oxygen atoms in total. The molecular weight excluding hydrogens is 262 g/mol. The Bertz CT molecular complexity index is 501. The lowest BCUT2D eigenvalue weighted by atomic mass is 9.90. The number of nitrogens with zero attached hydrogens (tertiary/aromatic N) is 2. The van der Waals surface area contributed by atoms with E-state index in [9.17, 15) is 0 Å². The van der Waals surface area contributed by atoms with Crippen molar-refractivity contribution in [1.29, 1.82) is 5.26 Å². The molecule has 1 saturated carbocycles. The molecule has 1 N–H and O–H groups in total. The summed E-state index contributed by atoms with van der Waals surface area (Å²) in [5, 5.41) is 12.4. The summed E-state index contributed by atoms with van der Waals surface area (Å²) >= 11 is 0. The van der Waals surface area contributed by atoms with E-state index in [2.05, 4.69) is 30.4 Å². The average Bonchev–Trinajstić information content (AvgIpc) is 2.54. The van der Waals surface area contributed by atoms with Gasteiger partial charge < -0.3 is 10.1 Å². The van der Waals surface area contributed by atoms with E-state index < -0.39 is 0 Å². The van der Waals surface area contributed by atoms with Crippen LogP contribution < -0.4 is 10.1 Å². The molecule has 0 amide bonds. The highest BCUT2D eigenvalue weighted by Crippen LogP contribution is 2.25. The molecule has 0 spiro atoms. The number of rotatable bonds is 5. The molecule has 0 saturated heterocycles. The fourth-order valence-electron chi connectivity index (χ4n) is 3.15. The van der Waals surface area contributed by atoms with Crippen LogP contribution in [0.1, 0.15) is 36.8 Å². The van der Waals surface area contributed by atoms with Crippen molar-refractivity contribution >= 4 is 0 Å². The van der Waals surface area contributed by atoms with E-state index in [1.54, 1.807) is 7.11 Å². The normalized spacial score (nSPS) is 22.0. The van der Waals surface area contributed by atoms with Gasteiger partial charge in [-0.2, -0.15) is 5.26 Å². The van der Waals surface area contributed by atoms with E-state index in [-0.39, 0.29) is 0 Å². The van der Waals surface area contributed by atoms with Gasteiger partial charge in [0.1, 0.15) is 11.8 Å². The van der Waals surface area contributed by atoms with Crippen molar-refractivity contribution in [1.82, 2.24) is 10.2 Å². The third kappa shape index (κ3) is 3.96. The maximum absolute atomic E-state index is 9.03.